The fourth-order valence-electron chi connectivity index (χ4n) is 2.71. The molecule has 2 heterocycles. The van der Waals surface area contributed by atoms with Crippen molar-refractivity contribution in [3.05, 3.63) is 12.4 Å². The Bertz CT molecular complexity index is 597. The molecule has 126 valence electrons. The summed E-state index contributed by atoms with van der Waals surface area (Å²) in [6.45, 7) is 5.55. The van der Waals surface area contributed by atoms with Gasteiger partial charge in [0.1, 0.15) is 12.1 Å². The van der Waals surface area contributed by atoms with Crippen molar-refractivity contribution in [2.45, 2.75) is 19.9 Å². The van der Waals surface area contributed by atoms with Gasteiger partial charge in [0.05, 0.1) is 13.4 Å². The molecule has 0 bridgehead atoms. The highest BCUT2D eigenvalue weighted by Crippen LogP contribution is 2.28. The maximum Gasteiger partial charge on any atom is 0.218 e. The first kappa shape index (κ1) is 18.9. The lowest BCUT2D eigenvalue weighted by atomic mass is 9.92. The van der Waals surface area contributed by atoms with Crippen LogP contribution in [-0.2, 0) is 10.0 Å². The summed E-state index contributed by atoms with van der Waals surface area (Å²) in [4.78, 5) is 10.3. The predicted octanol–water partition coefficient (Wildman–Crippen LogP) is 0.917. The van der Waals surface area contributed by atoms with Crippen molar-refractivity contribution in [1.82, 2.24) is 14.7 Å². The summed E-state index contributed by atoms with van der Waals surface area (Å²) in [6.07, 6.45) is 2.65. The van der Waals surface area contributed by atoms with E-state index in [-0.39, 0.29) is 24.4 Å². The third-order valence-electron chi connectivity index (χ3n) is 3.75. The van der Waals surface area contributed by atoms with Crippen LogP contribution in [0.3, 0.4) is 0 Å². The van der Waals surface area contributed by atoms with Crippen LogP contribution in [0.25, 0.3) is 0 Å². The highest BCUT2D eigenvalue weighted by atomic mass is 35.5. The normalized spacial score (nSPS) is 21.8. The minimum atomic E-state index is -3.23. The highest BCUT2D eigenvalue weighted by Gasteiger charge is 2.36. The molecule has 9 heteroatoms. The second kappa shape index (κ2) is 7.43. The molecule has 2 atom stereocenters. The number of methoxy groups -OCH3 is 1. The molecule has 2 rings (SSSR count). The highest BCUT2D eigenvalue weighted by molar-refractivity contribution is 7.88. The van der Waals surface area contributed by atoms with E-state index in [2.05, 4.69) is 33.4 Å². The van der Waals surface area contributed by atoms with E-state index in [0.717, 1.165) is 12.4 Å². The van der Waals surface area contributed by atoms with Crippen molar-refractivity contribution in [2.24, 2.45) is 11.8 Å². The quantitative estimate of drug-likeness (QED) is 0.850. The lowest BCUT2D eigenvalue weighted by molar-refractivity contribution is 0.364. The average Bonchev–Trinajstić information content (AvgIpc) is 2.80. The Labute approximate surface area is 137 Å². The Balaban J connectivity index is 0.00000242. The fraction of sp³-hybridized carbons (Fsp3) is 0.692. The molecule has 0 amide bonds. The van der Waals surface area contributed by atoms with Gasteiger partial charge in [-0.15, -0.1) is 12.4 Å². The lowest BCUT2D eigenvalue weighted by Gasteiger charge is -2.21. The third kappa shape index (κ3) is 4.69. The molecule has 0 aliphatic carbocycles. The summed E-state index contributed by atoms with van der Waals surface area (Å²) in [5, 5.41) is 0. The maximum atomic E-state index is 11.5. The van der Waals surface area contributed by atoms with E-state index in [9.17, 15) is 8.42 Å². The van der Waals surface area contributed by atoms with Gasteiger partial charge in [0.25, 0.3) is 0 Å². The molecular formula is C13H23ClN4O3S. The van der Waals surface area contributed by atoms with E-state index in [0.29, 0.717) is 18.3 Å². The van der Waals surface area contributed by atoms with E-state index in [4.69, 9.17) is 4.74 Å². The van der Waals surface area contributed by atoms with Gasteiger partial charge in [-0.05, 0) is 11.8 Å². The van der Waals surface area contributed by atoms with E-state index in [1.54, 1.807) is 13.2 Å². The van der Waals surface area contributed by atoms with Crippen LogP contribution < -0.4 is 14.4 Å². The number of hydrogen-bond donors (Lipinski definition) is 1. The van der Waals surface area contributed by atoms with E-state index >= 15 is 0 Å². The standard InChI is InChI=1S/C13H22N4O3S.ClH/c1-9(2)10-6-17(7-11(10)16-21(4,18)19)12-5-13(20-3)15-8-14-12;/h5,8-11,16H,6-7H2,1-4H3;1H/t10-,11+;/m1./s1. The van der Waals surface area contributed by atoms with Crippen LogP contribution in [0.1, 0.15) is 13.8 Å². The molecule has 1 aliphatic heterocycles. The Morgan fingerprint density at radius 2 is 2.05 bits per heavy atom. The number of sulfonamides is 1. The van der Waals surface area contributed by atoms with Crippen LogP contribution >= 0.6 is 12.4 Å². The minimum Gasteiger partial charge on any atom is -0.481 e. The van der Waals surface area contributed by atoms with Crippen LogP contribution in [0.4, 0.5) is 5.82 Å². The second-order valence-electron chi connectivity index (χ2n) is 5.73. The summed E-state index contributed by atoms with van der Waals surface area (Å²) in [5.74, 6) is 1.87. The largest absolute Gasteiger partial charge is 0.481 e. The zero-order valence-electron chi connectivity index (χ0n) is 13.2. The predicted molar refractivity (Wildman–Crippen MR) is 88.1 cm³/mol. The molecule has 7 nitrogen and oxygen atoms in total. The van der Waals surface area contributed by atoms with E-state index < -0.39 is 10.0 Å². The summed E-state index contributed by atoms with van der Waals surface area (Å²) in [6, 6.07) is 1.65. The Morgan fingerprint density at radius 1 is 1.36 bits per heavy atom. The number of rotatable bonds is 5. The first-order chi connectivity index (χ1) is 9.80. The van der Waals surface area contributed by atoms with Crippen LogP contribution in [0.2, 0.25) is 0 Å². The molecule has 1 aromatic heterocycles. The van der Waals surface area contributed by atoms with Gasteiger partial charge in [0.2, 0.25) is 15.9 Å². The maximum absolute atomic E-state index is 11.5. The van der Waals surface area contributed by atoms with Crippen molar-refractivity contribution in [3.8, 4) is 5.88 Å². The topological polar surface area (TPSA) is 84.4 Å². The number of ether oxygens (including phenoxy) is 1. The summed E-state index contributed by atoms with van der Waals surface area (Å²) in [5.41, 5.74) is 0. The van der Waals surface area contributed by atoms with Gasteiger partial charge < -0.3 is 9.64 Å². The molecular weight excluding hydrogens is 328 g/mol. The van der Waals surface area contributed by atoms with Gasteiger partial charge in [-0.3, -0.25) is 0 Å². The molecule has 0 radical (unpaired) electrons. The molecule has 0 aromatic carbocycles. The SMILES string of the molecule is COc1cc(N2C[C@H](NS(C)(=O)=O)[C@@H](C(C)C)C2)ncn1.Cl. The van der Waals surface area contributed by atoms with Crippen molar-refractivity contribution in [3.63, 3.8) is 0 Å². The smallest absolute Gasteiger partial charge is 0.218 e. The number of anilines is 1. The number of nitrogens with zero attached hydrogens (tertiary/aromatic N) is 3. The monoisotopic (exact) mass is 350 g/mol. The van der Waals surface area contributed by atoms with Crippen LogP contribution in [0.15, 0.2) is 12.4 Å². The zero-order chi connectivity index (χ0) is 15.6. The van der Waals surface area contributed by atoms with E-state index in [1.807, 2.05) is 0 Å². The van der Waals surface area contributed by atoms with Gasteiger partial charge in [-0.2, -0.15) is 0 Å². The fourth-order valence-corrected chi connectivity index (χ4v) is 3.50. The van der Waals surface area contributed by atoms with Crippen molar-refractivity contribution in [1.29, 1.82) is 0 Å². The van der Waals surface area contributed by atoms with Crippen LogP contribution in [-0.4, -0.2) is 50.9 Å². The van der Waals surface area contributed by atoms with Crippen molar-refractivity contribution < 1.29 is 13.2 Å². The van der Waals surface area contributed by atoms with Crippen LogP contribution in [0, 0.1) is 11.8 Å². The first-order valence-electron chi connectivity index (χ1n) is 6.88. The summed E-state index contributed by atoms with van der Waals surface area (Å²) in [7, 11) is -1.67. The summed E-state index contributed by atoms with van der Waals surface area (Å²) >= 11 is 0. The van der Waals surface area contributed by atoms with Crippen LogP contribution in [0.5, 0.6) is 5.88 Å². The lowest BCUT2D eigenvalue weighted by Crippen LogP contribution is -2.41. The van der Waals surface area contributed by atoms with Gasteiger partial charge in [-0.25, -0.2) is 23.1 Å². The van der Waals surface area contributed by atoms with Gasteiger partial charge in [0, 0.05) is 25.2 Å². The zero-order valence-corrected chi connectivity index (χ0v) is 14.8. The Kier molecular flexibility index (Phi) is 6.39. The molecule has 22 heavy (non-hydrogen) atoms. The molecule has 0 spiro atoms. The number of halogens is 1. The second-order valence-corrected chi connectivity index (χ2v) is 7.51. The number of hydrogen-bond acceptors (Lipinski definition) is 6. The van der Waals surface area contributed by atoms with Crippen molar-refractivity contribution in [2.75, 3.05) is 31.4 Å². The van der Waals surface area contributed by atoms with Gasteiger partial charge >= 0.3 is 0 Å². The number of aromatic nitrogens is 2. The first-order valence-corrected chi connectivity index (χ1v) is 8.77. The minimum absolute atomic E-state index is 0. The Morgan fingerprint density at radius 3 is 2.59 bits per heavy atom. The average molecular weight is 351 g/mol. The van der Waals surface area contributed by atoms with Gasteiger partial charge in [-0.1, -0.05) is 13.8 Å². The third-order valence-corrected chi connectivity index (χ3v) is 4.48. The molecule has 0 saturated carbocycles. The molecule has 0 unspecified atom stereocenters. The summed E-state index contributed by atoms with van der Waals surface area (Å²) < 4.78 is 30.9. The molecule has 1 N–H and O–H groups in total. The molecule has 1 aromatic rings. The van der Waals surface area contributed by atoms with Gasteiger partial charge in [0.15, 0.2) is 0 Å². The molecule has 1 fully saturated rings. The van der Waals surface area contributed by atoms with E-state index in [1.165, 1.54) is 12.6 Å². The molecule has 1 saturated heterocycles. The Hall–Kier alpha value is -1.12. The van der Waals surface area contributed by atoms with Crippen molar-refractivity contribution >= 4 is 28.2 Å². The molecule has 1 aliphatic rings. The number of nitrogens with one attached hydrogen (secondary N) is 1.